The summed E-state index contributed by atoms with van der Waals surface area (Å²) in [6.07, 6.45) is 0. The maximum atomic E-state index is 13.5. The van der Waals surface area contributed by atoms with Crippen LogP contribution in [-0.4, -0.2) is 39.7 Å². The summed E-state index contributed by atoms with van der Waals surface area (Å²) in [6, 6.07) is 2.32. The molecule has 5 nitrogen and oxygen atoms in total. The molecule has 98 valence electrons. The summed E-state index contributed by atoms with van der Waals surface area (Å²) < 4.78 is 28.4. The van der Waals surface area contributed by atoms with Crippen LogP contribution in [0.25, 0.3) is 0 Å². The second-order valence-electron chi connectivity index (χ2n) is 3.78. The molecule has 2 rings (SSSR count). The molecule has 1 aromatic rings. The largest absolute Gasteiger partial charge is 0.478 e. The number of carboxylic acid groups (broad SMARTS) is 1. The molecule has 1 N–H and O–H groups in total. The first-order valence-electron chi connectivity index (χ1n) is 5.05. The van der Waals surface area contributed by atoms with Gasteiger partial charge in [-0.15, -0.1) is 0 Å². The Morgan fingerprint density at radius 1 is 1.50 bits per heavy atom. The van der Waals surface area contributed by atoms with Crippen molar-refractivity contribution in [3.8, 4) is 0 Å². The number of rotatable bonds is 2. The minimum Gasteiger partial charge on any atom is -0.478 e. The van der Waals surface area contributed by atoms with Crippen molar-refractivity contribution in [2.45, 2.75) is 0 Å². The van der Waals surface area contributed by atoms with Gasteiger partial charge in [0.2, 0.25) is 0 Å². The summed E-state index contributed by atoms with van der Waals surface area (Å²) in [4.78, 5) is 10.9. The zero-order chi connectivity index (χ0) is 13.4. The zero-order valence-corrected chi connectivity index (χ0v) is 11.0. The first kappa shape index (κ1) is 13.3. The van der Waals surface area contributed by atoms with Crippen LogP contribution >= 0.6 is 11.6 Å². The Kier molecular flexibility index (Phi) is 3.56. The summed E-state index contributed by atoms with van der Waals surface area (Å²) in [6.45, 7) is 0.989. The highest BCUT2D eigenvalue weighted by atomic mass is 35.5. The molecular formula is C10H10ClFN2O3S. The third-order valence-electron chi connectivity index (χ3n) is 2.60. The summed E-state index contributed by atoms with van der Waals surface area (Å²) in [5.74, 6) is -2.16. The van der Waals surface area contributed by atoms with Crippen LogP contribution in [0, 0.1) is 5.82 Å². The molecule has 18 heavy (non-hydrogen) atoms. The van der Waals surface area contributed by atoms with E-state index in [0.29, 0.717) is 13.1 Å². The van der Waals surface area contributed by atoms with E-state index in [1.807, 2.05) is 0 Å². The molecule has 0 bridgehead atoms. The Bertz CT molecular complexity index is 540. The molecule has 0 aliphatic carbocycles. The molecule has 0 radical (unpaired) electrons. The lowest BCUT2D eigenvalue weighted by Gasteiger charge is -2.17. The molecule has 1 aromatic carbocycles. The Hall–Kier alpha value is -1.18. The van der Waals surface area contributed by atoms with Crippen LogP contribution in [0.2, 0.25) is 5.02 Å². The highest BCUT2D eigenvalue weighted by Gasteiger charge is 2.28. The highest BCUT2D eigenvalue weighted by Crippen LogP contribution is 2.29. The second-order valence-corrected chi connectivity index (χ2v) is 5.68. The van der Waals surface area contributed by atoms with Crippen LogP contribution in [0.5, 0.6) is 0 Å². The fraction of sp³-hybridized carbons (Fsp3) is 0.300. The zero-order valence-electron chi connectivity index (χ0n) is 9.39. The topological polar surface area (TPSA) is 60.9 Å². The third-order valence-corrected chi connectivity index (χ3v) is 4.47. The van der Waals surface area contributed by atoms with Gasteiger partial charge in [-0.3, -0.25) is 4.31 Å². The molecule has 0 saturated carbocycles. The molecule has 8 heteroatoms. The van der Waals surface area contributed by atoms with Crippen molar-refractivity contribution in [3.63, 3.8) is 0 Å². The number of aromatic carboxylic acids is 1. The van der Waals surface area contributed by atoms with Crippen LogP contribution in [0.1, 0.15) is 10.4 Å². The summed E-state index contributed by atoms with van der Waals surface area (Å²) in [5.41, 5.74) is -0.0878. The van der Waals surface area contributed by atoms with Gasteiger partial charge in [-0.2, -0.15) is 0 Å². The van der Waals surface area contributed by atoms with E-state index >= 15 is 0 Å². The van der Waals surface area contributed by atoms with E-state index in [9.17, 15) is 13.4 Å². The number of halogens is 2. The lowest BCUT2D eigenvalue weighted by molar-refractivity contribution is 0.0696. The number of likely N-dealkylation sites (N-methyl/N-ethyl adjacent to an activating group) is 1. The van der Waals surface area contributed by atoms with Crippen molar-refractivity contribution in [1.82, 2.24) is 4.31 Å². The van der Waals surface area contributed by atoms with Gasteiger partial charge < -0.3 is 5.11 Å². The monoisotopic (exact) mass is 292 g/mol. The van der Waals surface area contributed by atoms with Crippen molar-refractivity contribution in [2.75, 3.05) is 24.4 Å². The number of carboxylic acids is 1. The van der Waals surface area contributed by atoms with E-state index in [1.54, 1.807) is 11.4 Å². The van der Waals surface area contributed by atoms with Gasteiger partial charge in [-0.05, 0) is 12.1 Å². The SMILES string of the molecule is CN1CCN(c2cc(F)c(Cl)c(C(=O)O)c2)S1=O. The highest BCUT2D eigenvalue weighted by molar-refractivity contribution is 7.84. The molecule has 1 atom stereocenters. The molecule has 1 unspecified atom stereocenters. The van der Waals surface area contributed by atoms with Gasteiger partial charge in [0, 0.05) is 20.1 Å². The van der Waals surface area contributed by atoms with Gasteiger partial charge in [0.15, 0.2) is 11.2 Å². The first-order valence-corrected chi connectivity index (χ1v) is 6.49. The summed E-state index contributed by atoms with van der Waals surface area (Å²) >= 11 is 4.14. The smallest absolute Gasteiger partial charge is 0.337 e. The van der Waals surface area contributed by atoms with Gasteiger partial charge in [0.05, 0.1) is 16.3 Å². The fourth-order valence-electron chi connectivity index (χ4n) is 1.65. The third kappa shape index (κ3) is 2.21. The van der Waals surface area contributed by atoms with Gasteiger partial charge in [0.1, 0.15) is 5.82 Å². The van der Waals surface area contributed by atoms with Crippen molar-refractivity contribution in [1.29, 1.82) is 0 Å². The standard InChI is InChI=1S/C10H10ClFN2O3S/c1-13-2-3-14(18(13)17)6-4-7(10(15)16)9(11)8(12)5-6/h4-5H,2-3H2,1H3,(H,15,16). The molecule has 1 saturated heterocycles. The van der Waals surface area contributed by atoms with Crippen molar-refractivity contribution in [3.05, 3.63) is 28.5 Å². The first-order chi connectivity index (χ1) is 8.41. The number of nitrogens with zero attached hydrogens (tertiary/aromatic N) is 2. The van der Waals surface area contributed by atoms with Crippen LogP contribution < -0.4 is 4.31 Å². The predicted octanol–water partition coefficient (Wildman–Crippen LogP) is 1.51. The van der Waals surface area contributed by atoms with Crippen molar-refractivity contribution in [2.24, 2.45) is 0 Å². The number of hydrogen-bond donors (Lipinski definition) is 1. The Labute approximate surface area is 110 Å². The predicted molar refractivity (Wildman–Crippen MR) is 66.5 cm³/mol. The van der Waals surface area contributed by atoms with Gasteiger partial charge in [0.25, 0.3) is 0 Å². The van der Waals surface area contributed by atoms with Crippen LogP contribution in [0.15, 0.2) is 12.1 Å². The van der Waals surface area contributed by atoms with Gasteiger partial charge in [-0.1, -0.05) is 11.6 Å². The molecule has 0 aromatic heterocycles. The van der Waals surface area contributed by atoms with Crippen LogP contribution in [0.3, 0.4) is 0 Å². The Morgan fingerprint density at radius 3 is 2.67 bits per heavy atom. The van der Waals surface area contributed by atoms with E-state index in [1.165, 1.54) is 10.4 Å². The van der Waals surface area contributed by atoms with Crippen molar-refractivity contribution < 1.29 is 18.5 Å². The van der Waals surface area contributed by atoms with Crippen LogP contribution in [-0.2, 0) is 11.2 Å². The molecule has 1 aliphatic rings. The maximum Gasteiger partial charge on any atom is 0.337 e. The summed E-state index contributed by atoms with van der Waals surface area (Å²) in [7, 11) is 1.67. The maximum absolute atomic E-state index is 13.5. The van der Waals surface area contributed by atoms with Crippen molar-refractivity contribution >= 4 is 34.4 Å². The van der Waals surface area contributed by atoms with E-state index in [4.69, 9.17) is 16.7 Å². The van der Waals surface area contributed by atoms with Gasteiger partial charge >= 0.3 is 5.97 Å². The fourth-order valence-corrected chi connectivity index (χ4v) is 2.94. The molecule has 0 amide bonds. The van der Waals surface area contributed by atoms with Crippen LogP contribution in [0.4, 0.5) is 10.1 Å². The second kappa shape index (κ2) is 4.83. The minimum atomic E-state index is -1.43. The van der Waals surface area contributed by atoms with E-state index < -0.39 is 28.0 Å². The van der Waals surface area contributed by atoms with Gasteiger partial charge in [-0.25, -0.2) is 17.7 Å². The average Bonchev–Trinajstić information content (AvgIpc) is 2.63. The number of carbonyl (C=O) groups is 1. The average molecular weight is 293 g/mol. The van der Waals surface area contributed by atoms with E-state index in [-0.39, 0.29) is 11.3 Å². The van der Waals surface area contributed by atoms with E-state index in [2.05, 4.69) is 0 Å². The molecular weight excluding hydrogens is 283 g/mol. The molecule has 1 fully saturated rings. The van der Waals surface area contributed by atoms with E-state index in [0.717, 1.165) is 6.07 Å². The lowest BCUT2D eigenvalue weighted by Crippen LogP contribution is -2.24. The summed E-state index contributed by atoms with van der Waals surface area (Å²) in [5, 5.41) is 8.48. The number of anilines is 1. The molecule has 0 spiro atoms. The normalized spacial score (nSPS) is 20.4. The lowest BCUT2D eigenvalue weighted by atomic mass is 10.2. The number of hydrogen-bond acceptors (Lipinski definition) is 2. The number of benzene rings is 1. The molecule has 1 aliphatic heterocycles. The Morgan fingerprint density at radius 2 is 2.17 bits per heavy atom. The quantitative estimate of drug-likeness (QED) is 0.899. The minimum absolute atomic E-state index is 0.247. The Balaban J connectivity index is 2.47. The molecule has 1 heterocycles.